The zero-order valence-corrected chi connectivity index (χ0v) is 22.2. The second-order valence-electron chi connectivity index (χ2n) is 8.82. The first-order chi connectivity index (χ1) is 12.1. The molecule has 0 bridgehead atoms. The van der Waals surface area contributed by atoms with E-state index in [1.54, 1.807) is 13.3 Å². The first kappa shape index (κ1) is 25.8. The monoisotopic (exact) mass is 460 g/mol. The van der Waals surface area contributed by atoms with Crippen LogP contribution in [0.5, 0.6) is 0 Å². The summed E-state index contributed by atoms with van der Waals surface area (Å²) in [6, 6.07) is 0. The Morgan fingerprint density at radius 3 is 0.960 bits per heavy atom. The van der Waals surface area contributed by atoms with Gasteiger partial charge in [-0.2, -0.15) is 0 Å². The van der Waals surface area contributed by atoms with E-state index < -0.39 is 19.8 Å². The molecule has 3 atom stereocenters. The van der Waals surface area contributed by atoms with Gasteiger partial charge in [-0.15, -0.1) is 0 Å². The molecule has 0 aliphatic rings. The quantitative estimate of drug-likeness (QED) is 0.180. The van der Waals surface area contributed by atoms with Gasteiger partial charge in [0.05, 0.1) is 0 Å². The molecule has 0 heterocycles. The minimum atomic E-state index is -1.40. The van der Waals surface area contributed by atoms with Crippen molar-refractivity contribution in [3.63, 3.8) is 0 Å². The standard InChI is InChI=1S/3C8H17.Sn.H/c3*1-4-6-7-8(3)5-2;;/h3*8H,3-7H2,1-2H3;;. The molecule has 0 N–H and O–H groups in total. The summed E-state index contributed by atoms with van der Waals surface area (Å²) in [4.78, 5) is 0. The van der Waals surface area contributed by atoms with Crippen LogP contribution in [0.1, 0.15) is 119 Å². The average Bonchev–Trinajstić information content (AvgIpc) is 2.64. The zero-order chi connectivity index (χ0) is 18.9. The molecule has 0 saturated heterocycles. The fourth-order valence-corrected chi connectivity index (χ4v) is 19.2. The van der Waals surface area contributed by atoms with Gasteiger partial charge in [0.1, 0.15) is 0 Å². The molecule has 152 valence electrons. The van der Waals surface area contributed by atoms with Crippen molar-refractivity contribution >= 4 is 19.8 Å². The van der Waals surface area contributed by atoms with E-state index in [0.717, 1.165) is 17.8 Å². The van der Waals surface area contributed by atoms with Crippen molar-refractivity contribution in [2.75, 3.05) is 0 Å². The van der Waals surface area contributed by atoms with Crippen LogP contribution in [0.15, 0.2) is 0 Å². The molecule has 25 heavy (non-hydrogen) atoms. The van der Waals surface area contributed by atoms with Gasteiger partial charge >= 0.3 is 169 Å². The number of unbranched alkanes of at least 4 members (excludes halogenated alkanes) is 3. The van der Waals surface area contributed by atoms with Gasteiger partial charge < -0.3 is 0 Å². The topological polar surface area (TPSA) is 0 Å². The molecule has 3 unspecified atom stereocenters. The summed E-state index contributed by atoms with van der Waals surface area (Å²) in [5.41, 5.74) is 0. The Morgan fingerprint density at radius 2 is 0.760 bits per heavy atom. The van der Waals surface area contributed by atoms with E-state index in [-0.39, 0.29) is 0 Å². The summed E-state index contributed by atoms with van der Waals surface area (Å²) in [6.07, 6.45) is 17.5. The van der Waals surface area contributed by atoms with Crippen LogP contribution >= 0.6 is 0 Å². The Balaban J connectivity index is 4.80. The molecule has 0 nitrogen and oxygen atoms in total. The van der Waals surface area contributed by atoms with Crippen molar-refractivity contribution < 1.29 is 0 Å². The third-order valence-electron chi connectivity index (χ3n) is 6.63. The molecule has 0 aromatic carbocycles. The van der Waals surface area contributed by atoms with E-state index in [0.29, 0.717) is 0 Å². The van der Waals surface area contributed by atoms with Crippen molar-refractivity contribution in [2.45, 2.75) is 132 Å². The predicted molar refractivity (Wildman–Crippen MR) is 121 cm³/mol. The summed E-state index contributed by atoms with van der Waals surface area (Å²) in [5, 5.41) is 0. The number of hydrogen-bond donors (Lipinski definition) is 0. The molecule has 0 fully saturated rings. The van der Waals surface area contributed by atoms with Gasteiger partial charge in [-0.25, -0.2) is 0 Å². The van der Waals surface area contributed by atoms with Gasteiger partial charge in [0, 0.05) is 0 Å². The molecule has 0 radical (unpaired) electrons. The van der Waals surface area contributed by atoms with Gasteiger partial charge in [-0.05, 0) is 0 Å². The van der Waals surface area contributed by atoms with Gasteiger partial charge in [-0.1, -0.05) is 0 Å². The van der Waals surface area contributed by atoms with E-state index in [1.165, 1.54) is 77.0 Å². The summed E-state index contributed by atoms with van der Waals surface area (Å²) in [5.74, 6) is 3.23. The van der Waals surface area contributed by atoms with Crippen LogP contribution in [-0.4, -0.2) is 19.8 Å². The van der Waals surface area contributed by atoms with Crippen LogP contribution < -0.4 is 0 Å². The summed E-state index contributed by atoms with van der Waals surface area (Å²) in [7, 11) is 0. The van der Waals surface area contributed by atoms with Crippen LogP contribution in [0, 0.1) is 17.8 Å². The van der Waals surface area contributed by atoms with Crippen LogP contribution in [0.3, 0.4) is 0 Å². The Kier molecular flexibility index (Phi) is 18.8. The molecule has 0 amide bonds. The van der Waals surface area contributed by atoms with Gasteiger partial charge in [0.2, 0.25) is 0 Å². The Morgan fingerprint density at radius 1 is 0.480 bits per heavy atom. The van der Waals surface area contributed by atoms with Crippen molar-refractivity contribution in [3.05, 3.63) is 0 Å². The third kappa shape index (κ3) is 13.6. The predicted octanol–water partition coefficient (Wildman–Crippen LogP) is 8.86. The Hall–Kier alpha value is 0.799. The molecule has 1 heteroatoms. The maximum atomic E-state index is 2.46. The van der Waals surface area contributed by atoms with E-state index >= 15 is 0 Å². The number of rotatable bonds is 18. The zero-order valence-electron chi connectivity index (χ0n) is 18.9. The van der Waals surface area contributed by atoms with Crippen LogP contribution in [0.4, 0.5) is 0 Å². The normalized spacial score (nSPS) is 16.6. The maximum absolute atomic E-state index is 2.46. The molecule has 0 aromatic heterocycles. The summed E-state index contributed by atoms with van der Waals surface area (Å²) < 4.78 is 5.18. The molecule has 0 spiro atoms. The van der Waals surface area contributed by atoms with Gasteiger partial charge in [0.15, 0.2) is 0 Å². The summed E-state index contributed by atoms with van der Waals surface area (Å²) >= 11 is -1.40. The Bertz CT molecular complexity index is 220. The SMILES string of the molecule is CCCCC(CC)[CH2][SnH]([CH2]C(CC)CCCC)[CH2]C(CC)CCCC. The van der Waals surface area contributed by atoms with E-state index in [1.807, 2.05) is 0 Å². The first-order valence-electron chi connectivity index (χ1n) is 12.1. The van der Waals surface area contributed by atoms with E-state index in [4.69, 9.17) is 0 Å². The number of hydrogen-bond acceptors (Lipinski definition) is 0. The molecule has 0 rings (SSSR count). The fraction of sp³-hybridized carbons (Fsp3) is 1.00. The van der Waals surface area contributed by atoms with Gasteiger partial charge in [0.25, 0.3) is 0 Å². The summed E-state index contributed by atoms with van der Waals surface area (Å²) in [6.45, 7) is 14.5. The second-order valence-corrected chi connectivity index (χ2v) is 17.8. The Labute approximate surface area is 169 Å². The van der Waals surface area contributed by atoms with Crippen LogP contribution in [-0.2, 0) is 0 Å². The third-order valence-corrected chi connectivity index (χ3v) is 18.0. The van der Waals surface area contributed by atoms with Crippen molar-refractivity contribution in [1.82, 2.24) is 0 Å². The average molecular weight is 459 g/mol. The molecule has 0 aromatic rings. The van der Waals surface area contributed by atoms with Crippen LogP contribution in [0.2, 0.25) is 13.3 Å². The van der Waals surface area contributed by atoms with Crippen molar-refractivity contribution in [2.24, 2.45) is 17.8 Å². The van der Waals surface area contributed by atoms with E-state index in [9.17, 15) is 0 Å². The van der Waals surface area contributed by atoms with E-state index in [2.05, 4.69) is 41.5 Å². The molecule has 0 saturated carbocycles. The molecule has 0 aliphatic heterocycles. The second kappa shape index (κ2) is 18.2. The van der Waals surface area contributed by atoms with Gasteiger partial charge in [-0.3, -0.25) is 0 Å². The molecular weight excluding hydrogens is 407 g/mol. The minimum absolute atomic E-state index is 1.08. The van der Waals surface area contributed by atoms with Crippen molar-refractivity contribution in [3.8, 4) is 0 Å². The van der Waals surface area contributed by atoms with Crippen LogP contribution in [0.25, 0.3) is 0 Å². The fourth-order valence-electron chi connectivity index (χ4n) is 4.65. The van der Waals surface area contributed by atoms with Crippen molar-refractivity contribution in [1.29, 1.82) is 0 Å². The first-order valence-corrected chi connectivity index (χ1v) is 19.1. The molecular formula is C24H52Sn. The molecule has 0 aliphatic carbocycles.